The van der Waals surface area contributed by atoms with E-state index in [1.807, 2.05) is 18.0 Å². The Morgan fingerprint density at radius 3 is 2.88 bits per heavy atom. The van der Waals surface area contributed by atoms with Crippen LogP contribution in [0.4, 0.5) is 0 Å². The Labute approximate surface area is 144 Å². The van der Waals surface area contributed by atoms with E-state index >= 15 is 0 Å². The first kappa shape index (κ1) is 17.4. The molecule has 0 spiro atoms. The van der Waals surface area contributed by atoms with Crippen LogP contribution >= 0.6 is 0 Å². The van der Waals surface area contributed by atoms with Crippen LogP contribution in [-0.2, 0) is 4.79 Å². The fraction of sp³-hybridized carbons (Fsp3) is 0.632. The van der Waals surface area contributed by atoms with Crippen molar-refractivity contribution in [3.63, 3.8) is 0 Å². The van der Waals surface area contributed by atoms with Crippen LogP contribution in [0.5, 0.6) is 0 Å². The lowest BCUT2D eigenvalue weighted by Gasteiger charge is -2.24. The Balaban J connectivity index is 1.58. The third kappa shape index (κ3) is 3.79. The van der Waals surface area contributed by atoms with E-state index in [1.54, 1.807) is 0 Å². The third-order valence-electron chi connectivity index (χ3n) is 5.48. The second-order valence-electron chi connectivity index (χ2n) is 7.03. The summed E-state index contributed by atoms with van der Waals surface area (Å²) in [6, 6.07) is 11.4. The van der Waals surface area contributed by atoms with E-state index in [0.717, 1.165) is 25.9 Å². The van der Waals surface area contributed by atoms with Gasteiger partial charge in [0.2, 0.25) is 5.91 Å². The first-order valence-corrected chi connectivity index (χ1v) is 9.08. The molecule has 3 atom stereocenters. The highest BCUT2D eigenvalue weighted by atomic mass is 16.3. The molecule has 0 aliphatic carbocycles. The number of carbonyl (C=O) groups excluding carboxylic acids is 1. The number of nitrogens with zero attached hydrogens (tertiary/aromatic N) is 2. The van der Waals surface area contributed by atoms with Crippen LogP contribution in [-0.4, -0.2) is 66.7 Å². The van der Waals surface area contributed by atoms with Gasteiger partial charge in [-0.15, -0.1) is 0 Å². The molecule has 0 aromatic heterocycles. The average Bonchev–Trinajstić information content (AvgIpc) is 3.18. The molecule has 2 unspecified atom stereocenters. The standard InChI is InChI=1S/C19H29N3O2/c1-21(12-13-23)11-9-20-19(24)16-14-18(15-6-3-2-4-7-15)22-10-5-8-17(16)22/h2-4,6-7,16-18,23H,5,8-14H2,1H3,(H,20,24)/t16?,17-,18?/m0/s1. The zero-order chi connectivity index (χ0) is 16.9. The maximum Gasteiger partial charge on any atom is 0.224 e. The first-order chi connectivity index (χ1) is 11.7. The summed E-state index contributed by atoms with van der Waals surface area (Å²) in [4.78, 5) is 17.3. The molecule has 2 heterocycles. The molecule has 0 radical (unpaired) electrons. The molecule has 1 aromatic rings. The zero-order valence-corrected chi connectivity index (χ0v) is 14.5. The molecule has 5 heteroatoms. The van der Waals surface area contributed by atoms with Gasteiger partial charge in [-0.05, 0) is 38.4 Å². The van der Waals surface area contributed by atoms with Crippen molar-refractivity contribution < 1.29 is 9.90 Å². The van der Waals surface area contributed by atoms with Crippen LogP contribution in [0.3, 0.4) is 0 Å². The Morgan fingerprint density at radius 1 is 1.33 bits per heavy atom. The minimum Gasteiger partial charge on any atom is -0.395 e. The van der Waals surface area contributed by atoms with Gasteiger partial charge in [0.25, 0.3) is 0 Å². The Hall–Kier alpha value is -1.43. The van der Waals surface area contributed by atoms with E-state index in [2.05, 4.69) is 34.5 Å². The Bertz CT molecular complexity index is 537. The van der Waals surface area contributed by atoms with E-state index in [9.17, 15) is 4.79 Å². The summed E-state index contributed by atoms with van der Waals surface area (Å²) in [7, 11) is 1.96. The third-order valence-corrected chi connectivity index (χ3v) is 5.48. The van der Waals surface area contributed by atoms with Gasteiger partial charge in [-0.1, -0.05) is 30.3 Å². The molecule has 2 aliphatic heterocycles. The Kier molecular flexibility index (Phi) is 5.87. The van der Waals surface area contributed by atoms with Gasteiger partial charge >= 0.3 is 0 Å². The van der Waals surface area contributed by atoms with Crippen molar-refractivity contribution in [2.45, 2.75) is 31.3 Å². The summed E-state index contributed by atoms with van der Waals surface area (Å²) in [5.41, 5.74) is 1.34. The average molecular weight is 331 g/mol. The van der Waals surface area contributed by atoms with Gasteiger partial charge in [-0.2, -0.15) is 0 Å². The molecule has 132 valence electrons. The number of amides is 1. The summed E-state index contributed by atoms with van der Waals surface area (Å²) < 4.78 is 0. The summed E-state index contributed by atoms with van der Waals surface area (Å²) in [5, 5.41) is 12.0. The second-order valence-corrected chi connectivity index (χ2v) is 7.03. The molecule has 2 fully saturated rings. The second kappa shape index (κ2) is 8.10. The monoisotopic (exact) mass is 331 g/mol. The maximum atomic E-state index is 12.7. The molecule has 0 saturated carbocycles. The normalized spacial score (nSPS) is 26.7. The summed E-state index contributed by atoms with van der Waals surface area (Å²) in [6.45, 7) is 3.33. The molecule has 1 aromatic carbocycles. The minimum atomic E-state index is 0.0980. The number of rotatable bonds is 7. The van der Waals surface area contributed by atoms with Gasteiger partial charge in [0.1, 0.15) is 0 Å². The van der Waals surface area contributed by atoms with E-state index in [4.69, 9.17) is 5.11 Å². The number of likely N-dealkylation sites (N-methyl/N-ethyl adjacent to an activating group) is 1. The quantitative estimate of drug-likeness (QED) is 0.790. The number of fused-ring (bicyclic) bond motifs is 1. The van der Waals surface area contributed by atoms with Crippen LogP contribution < -0.4 is 5.32 Å². The van der Waals surface area contributed by atoms with Crippen molar-refractivity contribution in [2.24, 2.45) is 5.92 Å². The largest absolute Gasteiger partial charge is 0.395 e. The molecule has 3 rings (SSSR count). The SMILES string of the molecule is CN(CCO)CCNC(=O)C1CC(c2ccccc2)N2CCC[C@@H]12. The predicted molar refractivity (Wildman–Crippen MR) is 94.6 cm³/mol. The van der Waals surface area contributed by atoms with Gasteiger partial charge in [0, 0.05) is 31.7 Å². The van der Waals surface area contributed by atoms with Gasteiger partial charge in [-0.3, -0.25) is 9.69 Å². The van der Waals surface area contributed by atoms with Crippen molar-refractivity contribution in [2.75, 3.05) is 39.8 Å². The van der Waals surface area contributed by atoms with E-state index in [1.165, 1.54) is 12.0 Å². The number of hydrogen-bond acceptors (Lipinski definition) is 4. The number of aliphatic hydroxyl groups is 1. The molecule has 5 nitrogen and oxygen atoms in total. The number of hydrogen-bond donors (Lipinski definition) is 2. The summed E-state index contributed by atoms with van der Waals surface area (Å²) >= 11 is 0. The highest BCUT2D eigenvalue weighted by Crippen LogP contribution is 2.44. The van der Waals surface area contributed by atoms with Crippen molar-refractivity contribution >= 4 is 5.91 Å². The molecule has 1 amide bonds. The molecular formula is C19H29N3O2. The number of nitrogens with one attached hydrogen (secondary N) is 1. The van der Waals surface area contributed by atoms with Crippen LogP contribution in [0, 0.1) is 5.92 Å². The van der Waals surface area contributed by atoms with Crippen molar-refractivity contribution in [1.29, 1.82) is 0 Å². The predicted octanol–water partition coefficient (Wildman–Crippen LogP) is 1.25. The lowest BCUT2D eigenvalue weighted by atomic mass is 9.93. The summed E-state index contributed by atoms with van der Waals surface area (Å²) in [6.07, 6.45) is 3.25. The topological polar surface area (TPSA) is 55.8 Å². The smallest absolute Gasteiger partial charge is 0.224 e. The van der Waals surface area contributed by atoms with E-state index < -0.39 is 0 Å². The number of aliphatic hydroxyl groups excluding tert-OH is 1. The summed E-state index contributed by atoms with van der Waals surface area (Å²) in [5.74, 6) is 0.295. The van der Waals surface area contributed by atoms with Crippen molar-refractivity contribution in [1.82, 2.24) is 15.1 Å². The lowest BCUT2D eigenvalue weighted by Crippen LogP contribution is -2.40. The van der Waals surface area contributed by atoms with Gasteiger partial charge in [0.15, 0.2) is 0 Å². The van der Waals surface area contributed by atoms with Gasteiger partial charge < -0.3 is 15.3 Å². The molecule has 2 aliphatic rings. The van der Waals surface area contributed by atoms with Gasteiger partial charge in [0.05, 0.1) is 12.5 Å². The van der Waals surface area contributed by atoms with E-state index in [-0.39, 0.29) is 18.4 Å². The molecule has 0 bridgehead atoms. The molecule has 2 N–H and O–H groups in total. The minimum absolute atomic E-state index is 0.0980. The highest BCUT2D eigenvalue weighted by molar-refractivity contribution is 5.80. The van der Waals surface area contributed by atoms with Crippen LogP contribution in [0.25, 0.3) is 0 Å². The fourth-order valence-electron chi connectivity index (χ4n) is 4.24. The van der Waals surface area contributed by atoms with Crippen LogP contribution in [0.1, 0.15) is 30.9 Å². The van der Waals surface area contributed by atoms with Crippen LogP contribution in [0.15, 0.2) is 30.3 Å². The fourth-order valence-corrected chi connectivity index (χ4v) is 4.24. The molecule has 2 saturated heterocycles. The molecule has 24 heavy (non-hydrogen) atoms. The molecular weight excluding hydrogens is 302 g/mol. The number of benzene rings is 1. The Morgan fingerprint density at radius 2 is 2.12 bits per heavy atom. The first-order valence-electron chi connectivity index (χ1n) is 9.08. The zero-order valence-electron chi connectivity index (χ0n) is 14.5. The van der Waals surface area contributed by atoms with Crippen molar-refractivity contribution in [3.8, 4) is 0 Å². The van der Waals surface area contributed by atoms with Crippen molar-refractivity contribution in [3.05, 3.63) is 35.9 Å². The maximum absolute atomic E-state index is 12.7. The highest BCUT2D eigenvalue weighted by Gasteiger charge is 2.46. The van der Waals surface area contributed by atoms with E-state index in [0.29, 0.717) is 25.2 Å². The van der Waals surface area contributed by atoms with Crippen LogP contribution in [0.2, 0.25) is 0 Å². The number of carbonyl (C=O) groups is 1. The lowest BCUT2D eigenvalue weighted by molar-refractivity contribution is -0.125. The van der Waals surface area contributed by atoms with Gasteiger partial charge in [-0.25, -0.2) is 0 Å².